The number of hydrogen-bond donors (Lipinski definition) is 1. The molecule has 1 fully saturated rings. The lowest BCUT2D eigenvalue weighted by molar-refractivity contribution is 0.428. The summed E-state index contributed by atoms with van der Waals surface area (Å²) in [7, 11) is 1.94. The second kappa shape index (κ2) is 9.05. The van der Waals surface area contributed by atoms with E-state index in [9.17, 15) is 0 Å². The van der Waals surface area contributed by atoms with Crippen molar-refractivity contribution in [3.8, 4) is 11.3 Å². The van der Waals surface area contributed by atoms with Gasteiger partial charge in [-0.25, -0.2) is 4.99 Å². The summed E-state index contributed by atoms with van der Waals surface area (Å²) in [5.74, 6) is 0.662. The SMILES string of the molecule is Cn1cc(CN=C(N)N2CCCCCC2)c(-c2ccccc2)n1.I. The zero-order valence-electron chi connectivity index (χ0n) is 14.2. The summed E-state index contributed by atoms with van der Waals surface area (Å²) in [6.07, 6.45) is 7.04. The van der Waals surface area contributed by atoms with Crippen molar-refractivity contribution in [2.75, 3.05) is 13.1 Å². The minimum absolute atomic E-state index is 0. The number of likely N-dealkylation sites (tertiary alicyclic amines) is 1. The molecule has 1 aromatic carbocycles. The molecule has 2 aromatic rings. The van der Waals surface area contributed by atoms with Gasteiger partial charge in [0.25, 0.3) is 0 Å². The van der Waals surface area contributed by atoms with E-state index >= 15 is 0 Å². The molecule has 0 amide bonds. The van der Waals surface area contributed by atoms with Gasteiger partial charge < -0.3 is 10.6 Å². The van der Waals surface area contributed by atoms with Gasteiger partial charge in [0.2, 0.25) is 0 Å². The fourth-order valence-electron chi connectivity index (χ4n) is 3.06. The van der Waals surface area contributed by atoms with Crippen LogP contribution in [0.1, 0.15) is 31.2 Å². The van der Waals surface area contributed by atoms with Crippen molar-refractivity contribution in [2.24, 2.45) is 17.8 Å². The van der Waals surface area contributed by atoms with Crippen LogP contribution in [0.25, 0.3) is 11.3 Å². The highest BCUT2D eigenvalue weighted by molar-refractivity contribution is 14.0. The number of halogens is 1. The normalized spacial score (nSPS) is 15.7. The van der Waals surface area contributed by atoms with Gasteiger partial charge in [-0.05, 0) is 12.8 Å². The standard InChI is InChI=1S/C18H25N5.HI/c1-22-14-16(17(21-22)15-9-5-4-6-10-15)13-20-18(19)23-11-7-2-3-8-12-23;/h4-6,9-10,14H,2-3,7-8,11-13H2,1H3,(H2,19,20);1H. The van der Waals surface area contributed by atoms with Gasteiger partial charge in [0.15, 0.2) is 5.96 Å². The number of guanidine groups is 1. The van der Waals surface area contributed by atoms with Crippen molar-refractivity contribution in [3.63, 3.8) is 0 Å². The number of benzene rings is 1. The third kappa shape index (κ3) is 4.72. The lowest BCUT2D eigenvalue weighted by Crippen LogP contribution is -2.38. The molecule has 2 heterocycles. The number of aromatic nitrogens is 2. The Balaban J connectivity index is 0.00000208. The predicted octanol–water partition coefficient (Wildman–Crippen LogP) is 3.40. The molecule has 130 valence electrons. The highest BCUT2D eigenvalue weighted by Gasteiger charge is 2.13. The molecule has 0 aliphatic carbocycles. The summed E-state index contributed by atoms with van der Waals surface area (Å²) in [5, 5.41) is 4.58. The Hall–Kier alpha value is -1.57. The van der Waals surface area contributed by atoms with Crippen molar-refractivity contribution < 1.29 is 0 Å². The monoisotopic (exact) mass is 439 g/mol. The van der Waals surface area contributed by atoms with E-state index < -0.39 is 0 Å². The summed E-state index contributed by atoms with van der Waals surface area (Å²) in [4.78, 5) is 6.84. The molecule has 0 bridgehead atoms. The minimum Gasteiger partial charge on any atom is -0.370 e. The van der Waals surface area contributed by atoms with Crippen molar-refractivity contribution in [2.45, 2.75) is 32.2 Å². The van der Waals surface area contributed by atoms with Crippen LogP contribution in [0.5, 0.6) is 0 Å². The van der Waals surface area contributed by atoms with Crippen molar-refractivity contribution in [1.29, 1.82) is 0 Å². The Morgan fingerprint density at radius 3 is 2.46 bits per heavy atom. The number of rotatable bonds is 3. The van der Waals surface area contributed by atoms with Gasteiger partial charge in [-0.3, -0.25) is 4.68 Å². The first-order valence-electron chi connectivity index (χ1n) is 8.37. The van der Waals surface area contributed by atoms with Crippen LogP contribution < -0.4 is 5.73 Å². The smallest absolute Gasteiger partial charge is 0.191 e. The highest BCUT2D eigenvalue weighted by Crippen LogP contribution is 2.22. The first-order chi connectivity index (χ1) is 11.2. The summed E-state index contributed by atoms with van der Waals surface area (Å²) < 4.78 is 1.84. The molecule has 6 heteroatoms. The fraction of sp³-hybridized carbons (Fsp3) is 0.444. The Morgan fingerprint density at radius 1 is 1.12 bits per heavy atom. The molecule has 0 spiro atoms. The molecule has 1 saturated heterocycles. The van der Waals surface area contributed by atoms with Crippen molar-refractivity contribution >= 4 is 29.9 Å². The lowest BCUT2D eigenvalue weighted by Gasteiger charge is -2.21. The number of nitrogens with two attached hydrogens (primary N) is 1. The number of hydrogen-bond acceptors (Lipinski definition) is 2. The molecular formula is C18H26IN5. The maximum atomic E-state index is 6.21. The van der Waals surface area contributed by atoms with Gasteiger partial charge in [0.1, 0.15) is 0 Å². The van der Waals surface area contributed by atoms with Crippen LogP contribution >= 0.6 is 24.0 Å². The van der Waals surface area contributed by atoms with Crippen molar-refractivity contribution in [3.05, 3.63) is 42.1 Å². The summed E-state index contributed by atoms with van der Waals surface area (Å²) >= 11 is 0. The predicted molar refractivity (Wildman–Crippen MR) is 109 cm³/mol. The summed E-state index contributed by atoms with van der Waals surface area (Å²) in [6.45, 7) is 2.61. The van der Waals surface area contributed by atoms with Crippen LogP contribution in [0.2, 0.25) is 0 Å². The molecule has 0 radical (unpaired) electrons. The summed E-state index contributed by atoms with van der Waals surface area (Å²) in [6, 6.07) is 10.2. The zero-order chi connectivity index (χ0) is 16.1. The lowest BCUT2D eigenvalue weighted by atomic mass is 10.1. The van der Waals surface area contributed by atoms with Crippen LogP contribution in [0.3, 0.4) is 0 Å². The number of aryl methyl sites for hydroxylation is 1. The Labute approximate surface area is 161 Å². The highest BCUT2D eigenvalue weighted by atomic mass is 127. The van der Waals surface area contributed by atoms with E-state index in [-0.39, 0.29) is 24.0 Å². The van der Waals surface area contributed by atoms with E-state index in [2.05, 4.69) is 27.1 Å². The molecule has 0 unspecified atom stereocenters. The Kier molecular flexibility index (Phi) is 7.08. The molecular weight excluding hydrogens is 413 g/mol. The van der Waals surface area contributed by atoms with Crippen LogP contribution in [-0.4, -0.2) is 33.7 Å². The first-order valence-corrected chi connectivity index (χ1v) is 8.37. The molecule has 0 saturated carbocycles. The topological polar surface area (TPSA) is 59.4 Å². The Bertz CT molecular complexity index is 657. The maximum Gasteiger partial charge on any atom is 0.191 e. The molecule has 3 rings (SSSR count). The molecule has 2 N–H and O–H groups in total. The third-order valence-electron chi connectivity index (χ3n) is 4.29. The van der Waals surface area contributed by atoms with E-state index in [1.807, 2.05) is 36.1 Å². The van der Waals surface area contributed by atoms with E-state index in [0.29, 0.717) is 12.5 Å². The van der Waals surface area contributed by atoms with Crippen LogP contribution in [0.15, 0.2) is 41.5 Å². The van der Waals surface area contributed by atoms with Gasteiger partial charge >= 0.3 is 0 Å². The van der Waals surface area contributed by atoms with Gasteiger partial charge in [0.05, 0.1) is 12.2 Å². The average Bonchev–Trinajstić information content (AvgIpc) is 2.77. The van der Waals surface area contributed by atoms with E-state index in [1.54, 1.807) is 0 Å². The molecule has 1 aliphatic heterocycles. The second-order valence-electron chi connectivity index (χ2n) is 6.12. The fourth-order valence-corrected chi connectivity index (χ4v) is 3.06. The molecule has 24 heavy (non-hydrogen) atoms. The van der Waals surface area contributed by atoms with Gasteiger partial charge in [-0.2, -0.15) is 5.10 Å². The minimum atomic E-state index is 0. The number of aliphatic imine (C=N–C) groups is 1. The first kappa shape index (κ1) is 18.8. The second-order valence-corrected chi connectivity index (χ2v) is 6.12. The van der Waals surface area contributed by atoms with Crippen LogP contribution in [0, 0.1) is 0 Å². The molecule has 1 aliphatic rings. The van der Waals surface area contributed by atoms with Gasteiger partial charge in [0, 0.05) is 37.5 Å². The summed E-state index contributed by atoms with van der Waals surface area (Å²) in [5.41, 5.74) is 9.42. The molecule has 1 aromatic heterocycles. The zero-order valence-corrected chi connectivity index (χ0v) is 16.5. The van der Waals surface area contributed by atoms with Crippen molar-refractivity contribution in [1.82, 2.24) is 14.7 Å². The maximum absolute atomic E-state index is 6.21. The van der Waals surface area contributed by atoms with Crippen LogP contribution in [0.4, 0.5) is 0 Å². The Morgan fingerprint density at radius 2 is 1.79 bits per heavy atom. The molecule has 0 atom stereocenters. The van der Waals surface area contributed by atoms with Gasteiger partial charge in [-0.15, -0.1) is 24.0 Å². The van der Waals surface area contributed by atoms with E-state index in [4.69, 9.17) is 5.73 Å². The molecule has 5 nitrogen and oxygen atoms in total. The number of nitrogens with zero attached hydrogens (tertiary/aromatic N) is 4. The van der Waals surface area contributed by atoms with Crippen LogP contribution in [-0.2, 0) is 13.6 Å². The third-order valence-corrected chi connectivity index (χ3v) is 4.29. The largest absolute Gasteiger partial charge is 0.370 e. The average molecular weight is 439 g/mol. The van der Waals surface area contributed by atoms with E-state index in [1.165, 1.54) is 25.7 Å². The van der Waals surface area contributed by atoms with Gasteiger partial charge in [-0.1, -0.05) is 43.2 Å². The quantitative estimate of drug-likeness (QED) is 0.453. The van der Waals surface area contributed by atoms with E-state index in [0.717, 1.165) is 29.9 Å².